The summed E-state index contributed by atoms with van der Waals surface area (Å²) in [6.45, 7) is 1.20. The molecule has 2 saturated heterocycles. The van der Waals surface area contributed by atoms with Gasteiger partial charge >= 0.3 is 0 Å². The second-order valence-electron chi connectivity index (χ2n) is 9.82. The van der Waals surface area contributed by atoms with Gasteiger partial charge in [0.15, 0.2) is 5.82 Å². The first kappa shape index (κ1) is 23.5. The van der Waals surface area contributed by atoms with Crippen molar-refractivity contribution in [2.75, 3.05) is 31.6 Å². The number of hydrogen-bond acceptors (Lipinski definition) is 6. The zero-order valence-electron chi connectivity index (χ0n) is 20.5. The lowest BCUT2D eigenvalue weighted by atomic mass is 9.77. The Hall–Kier alpha value is -3.90. The number of carbonyl (C=O) groups is 1. The number of nitrogens with zero attached hydrogens (tertiary/aromatic N) is 8. The van der Waals surface area contributed by atoms with E-state index >= 15 is 0 Å². The number of fused-ring (bicyclic) bond motifs is 1. The van der Waals surface area contributed by atoms with E-state index in [9.17, 15) is 18.0 Å². The summed E-state index contributed by atoms with van der Waals surface area (Å²) in [7, 11) is 3.44. The molecule has 2 aliphatic heterocycles. The minimum Gasteiger partial charge on any atom is -0.370 e. The van der Waals surface area contributed by atoms with Crippen LogP contribution >= 0.6 is 0 Å². The van der Waals surface area contributed by atoms with Crippen LogP contribution in [0.25, 0.3) is 33.8 Å². The van der Waals surface area contributed by atoms with Gasteiger partial charge in [0.2, 0.25) is 5.91 Å². The summed E-state index contributed by atoms with van der Waals surface area (Å²) in [5.41, 5.74) is 2.37. The van der Waals surface area contributed by atoms with Crippen LogP contribution in [0, 0.1) is 11.2 Å². The van der Waals surface area contributed by atoms with Crippen LogP contribution in [-0.4, -0.2) is 78.7 Å². The first-order valence-electron chi connectivity index (χ1n) is 12.2. The Bertz CT molecular complexity index is 1450. The number of hydrogen-bond donors (Lipinski definition) is 1. The molecule has 10 nitrogen and oxygen atoms in total. The standard InChI is InChI=1S/C24H26F3N9O/c1-33-8-4-24(23(33)37)5-9-35(10-6-24)17-11-16(21-14(25)12-29-34(21)2)30-20-19(15-3-7-28-31-15)32-36(22(17)20)13-18(26)27/h3,7,11-12,18H,4-6,8-10,13H2,1-2H3,(H,28,31). The summed E-state index contributed by atoms with van der Waals surface area (Å²) in [4.78, 5) is 21.4. The molecule has 6 rings (SSSR count). The average Bonchev–Trinajstić information content (AvgIpc) is 3.65. The van der Waals surface area contributed by atoms with Gasteiger partial charge in [-0.3, -0.25) is 19.3 Å². The molecule has 4 aromatic rings. The zero-order chi connectivity index (χ0) is 25.9. The van der Waals surface area contributed by atoms with Crippen LogP contribution in [0.15, 0.2) is 24.5 Å². The second-order valence-corrected chi connectivity index (χ2v) is 9.82. The van der Waals surface area contributed by atoms with Gasteiger partial charge in [0, 0.05) is 39.9 Å². The molecule has 0 saturated carbocycles. The Morgan fingerprint density at radius 2 is 1.92 bits per heavy atom. The van der Waals surface area contributed by atoms with E-state index in [1.54, 1.807) is 30.3 Å². The van der Waals surface area contributed by atoms with Gasteiger partial charge < -0.3 is 9.80 Å². The summed E-state index contributed by atoms with van der Waals surface area (Å²) in [6, 6.07) is 3.39. The Morgan fingerprint density at radius 3 is 2.51 bits per heavy atom. The highest BCUT2D eigenvalue weighted by molar-refractivity contribution is 5.99. The van der Waals surface area contributed by atoms with E-state index in [4.69, 9.17) is 4.98 Å². The summed E-state index contributed by atoms with van der Waals surface area (Å²) in [5.74, 6) is -0.380. The van der Waals surface area contributed by atoms with Crippen LogP contribution < -0.4 is 4.90 Å². The van der Waals surface area contributed by atoms with Crippen molar-refractivity contribution in [1.29, 1.82) is 0 Å². The van der Waals surface area contributed by atoms with Crippen molar-refractivity contribution < 1.29 is 18.0 Å². The number of H-pyrrole nitrogens is 1. The van der Waals surface area contributed by atoms with Crippen LogP contribution in [-0.2, 0) is 18.4 Å². The van der Waals surface area contributed by atoms with E-state index in [0.29, 0.717) is 59.7 Å². The van der Waals surface area contributed by atoms with Gasteiger partial charge in [-0.15, -0.1) is 0 Å². The largest absolute Gasteiger partial charge is 0.370 e. The molecule has 37 heavy (non-hydrogen) atoms. The predicted octanol–water partition coefficient (Wildman–Crippen LogP) is 3.07. The second kappa shape index (κ2) is 8.60. The number of alkyl halides is 2. The summed E-state index contributed by atoms with van der Waals surface area (Å²) in [5, 5.41) is 15.3. The number of anilines is 1. The Morgan fingerprint density at radius 1 is 1.16 bits per heavy atom. The lowest BCUT2D eigenvalue weighted by molar-refractivity contribution is -0.135. The molecule has 0 atom stereocenters. The molecule has 1 amide bonds. The number of carbonyl (C=O) groups excluding carboxylic acids is 1. The molecule has 0 aliphatic carbocycles. The molecular formula is C24H26F3N9O. The minimum absolute atomic E-state index is 0.161. The van der Waals surface area contributed by atoms with Gasteiger partial charge in [0.25, 0.3) is 6.43 Å². The molecule has 2 fully saturated rings. The van der Waals surface area contributed by atoms with Crippen LogP contribution in [0.3, 0.4) is 0 Å². The fourth-order valence-corrected chi connectivity index (χ4v) is 5.69. The van der Waals surface area contributed by atoms with Crippen molar-refractivity contribution in [3.8, 4) is 22.8 Å². The summed E-state index contributed by atoms with van der Waals surface area (Å²) in [6.07, 6.45) is 2.11. The number of amides is 1. The molecule has 4 aromatic heterocycles. The third-order valence-electron chi connectivity index (χ3n) is 7.67. The van der Waals surface area contributed by atoms with Crippen molar-refractivity contribution in [3.63, 3.8) is 0 Å². The first-order valence-corrected chi connectivity index (χ1v) is 12.2. The zero-order valence-corrected chi connectivity index (χ0v) is 20.5. The normalized spacial score (nSPS) is 17.7. The highest BCUT2D eigenvalue weighted by Gasteiger charge is 2.47. The number of aryl methyl sites for hydroxylation is 1. The van der Waals surface area contributed by atoms with Crippen molar-refractivity contribution in [2.45, 2.75) is 32.2 Å². The van der Waals surface area contributed by atoms with E-state index in [1.165, 1.54) is 9.36 Å². The van der Waals surface area contributed by atoms with Gasteiger partial charge in [0.1, 0.15) is 29.0 Å². The molecule has 0 aromatic carbocycles. The smallest absolute Gasteiger partial charge is 0.257 e. The van der Waals surface area contributed by atoms with Crippen molar-refractivity contribution in [1.82, 2.24) is 39.6 Å². The fourth-order valence-electron chi connectivity index (χ4n) is 5.69. The highest BCUT2D eigenvalue weighted by atomic mass is 19.3. The Kier molecular flexibility index (Phi) is 5.46. The Balaban J connectivity index is 1.53. The summed E-state index contributed by atoms with van der Waals surface area (Å²) < 4.78 is 44.7. The maximum Gasteiger partial charge on any atom is 0.257 e. The monoisotopic (exact) mass is 513 g/mol. The molecule has 0 radical (unpaired) electrons. The topological polar surface area (TPSA) is 101 Å². The third kappa shape index (κ3) is 3.75. The van der Waals surface area contributed by atoms with E-state index in [-0.39, 0.29) is 11.6 Å². The number of piperidine rings is 1. The number of aromatic amines is 1. The lowest BCUT2D eigenvalue weighted by Crippen LogP contribution is -2.44. The first-order chi connectivity index (χ1) is 17.8. The van der Waals surface area contributed by atoms with Crippen LogP contribution in [0.2, 0.25) is 0 Å². The molecule has 1 spiro atoms. The molecular weight excluding hydrogens is 487 g/mol. The maximum atomic E-state index is 14.8. The van der Waals surface area contributed by atoms with E-state index in [0.717, 1.165) is 19.2 Å². The lowest BCUT2D eigenvalue weighted by Gasteiger charge is -2.39. The molecule has 0 unspecified atom stereocenters. The molecule has 6 heterocycles. The van der Waals surface area contributed by atoms with E-state index in [2.05, 4.69) is 25.3 Å². The van der Waals surface area contributed by atoms with Gasteiger partial charge in [-0.2, -0.15) is 15.3 Å². The SMILES string of the molecule is CN1CCC2(CCN(c3cc(-c4c(F)cnn4C)nc4c(-c5ccn[nH]5)nn(CC(F)F)c34)CC2)C1=O. The molecule has 2 aliphatic rings. The number of halogens is 3. The number of pyridine rings is 1. The predicted molar refractivity (Wildman–Crippen MR) is 129 cm³/mol. The molecule has 0 bridgehead atoms. The molecule has 194 valence electrons. The highest BCUT2D eigenvalue weighted by Crippen LogP contribution is 2.44. The van der Waals surface area contributed by atoms with E-state index in [1.807, 2.05) is 7.05 Å². The average molecular weight is 514 g/mol. The van der Waals surface area contributed by atoms with Crippen molar-refractivity contribution >= 4 is 22.6 Å². The minimum atomic E-state index is -2.64. The molecule has 13 heteroatoms. The maximum absolute atomic E-state index is 14.8. The number of nitrogens with one attached hydrogen (secondary N) is 1. The quantitative estimate of drug-likeness (QED) is 0.440. The number of likely N-dealkylation sites (tertiary alicyclic amines) is 1. The Labute approximate surface area is 210 Å². The van der Waals surface area contributed by atoms with Gasteiger partial charge in [-0.05, 0) is 31.4 Å². The van der Waals surface area contributed by atoms with Crippen LogP contribution in [0.5, 0.6) is 0 Å². The van der Waals surface area contributed by atoms with Gasteiger partial charge in [-0.1, -0.05) is 0 Å². The van der Waals surface area contributed by atoms with Crippen molar-refractivity contribution in [3.05, 3.63) is 30.3 Å². The summed E-state index contributed by atoms with van der Waals surface area (Å²) >= 11 is 0. The van der Waals surface area contributed by atoms with Crippen LogP contribution in [0.1, 0.15) is 19.3 Å². The van der Waals surface area contributed by atoms with Crippen LogP contribution in [0.4, 0.5) is 18.9 Å². The number of aromatic nitrogens is 7. The van der Waals surface area contributed by atoms with Gasteiger partial charge in [-0.25, -0.2) is 18.2 Å². The molecule has 1 N–H and O–H groups in total. The number of rotatable bonds is 5. The van der Waals surface area contributed by atoms with E-state index < -0.39 is 24.2 Å². The third-order valence-corrected chi connectivity index (χ3v) is 7.67. The van der Waals surface area contributed by atoms with Crippen molar-refractivity contribution in [2.24, 2.45) is 12.5 Å². The van der Waals surface area contributed by atoms with Gasteiger partial charge in [0.05, 0.1) is 28.7 Å². The fraction of sp³-hybridized carbons (Fsp3) is 0.458.